The van der Waals surface area contributed by atoms with Crippen LogP contribution < -0.4 is 14.5 Å². The predicted molar refractivity (Wildman–Crippen MR) is 118 cm³/mol. The molecule has 0 amide bonds. The van der Waals surface area contributed by atoms with Crippen LogP contribution in [-0.4, -0.2) is 47.7 Å². The largest absolute Gasteiger partial charge is 0.497 e. The molecule has 148 valence electrons. The number of hydrogen-bond donors (Lipinski definition) is 1. The van der Waals surface area contributed by atoms with E-state index in [1.54, 1.807) is 13.4 Å². The van der Waals surface area contributed by atoms with Crippen molar-refractivity contribution in [1.82, 2.24) is 15.0 Å². The lowest BCUT2D eigenvalue weighted by Gasteiger charge is -2.41. The SMILES string of the molecule is COc1cccc(N2CCN(c3ncnc4c3[nH]c3ccc(Cl)cc34)CC2C)c1. The first-order valence-corrected chi connectivity index (χ1v) is 10.1. The molecule has 0 spiro atoms. The van der Waals surface area contributed by atoms with Crippen LogP contribution in [0.15, 0.2) is 48.8 Å². The maximum Gasteiger partial charge on any atom is 0.156 e. The molecule has 1 unspecified atom stereocenters. The van der Waals surface area contributed by atoms with Crippen LogP contribution in [0.2, 0.25) is 5.02 Å². The van der Waals surface area contributed by atoms with E-state index in [9.17, 15) is 0 Å². The third-order valence-electron chi connectivity index (χ3n) is 5.64. The van der Waals surface area contributed by atoms with E-state index >= 15 is 0 Å². The standard InChI is InChI=1S/C22H22ClN5O/c1-14-12-27(8-9-28(14)16-4-3-5-17(11-16)29-2)22-21-20(24-13-25-22)18-10-15(23)6-7-19(18)26-21/h3-7,10-11,13-14,26H,8-9,12H2,1-2H3. The van der Waals surface area contributed by atoms with Crippen LogP contribution >= 0.6 is 11.6 Å². The van der Waals surface area contributed by atoms with Gasteiger partial charge >= 0.3 is 0 Å². The molecule has 0 bridgehead atoms. The van der Waals surface area contributed by atoms with E-state index in [1.165, 1.54) is 5.69 Å². The summed E-state index contributed by atoms with van der Waals surface area (Å²) >= 11 is 6.20. The van der Waals surface area contributed by atoms with Gasteiger partial charge in [0.25, 0.3) is 0 Å². The number of H-pyrrole nitrogens is 1. The molecule has 1 aliphatic rings. The van der Waals surface area contributed by atoms with E-state index in [-0.39, 0.29) is 0 Å². The molecule has 5 rings (SSSR count). The third kappa shape index (κ3) is 3.13. The highest BCUT2D eigenvalue weighted by atomic mass is 35.5. The topological polar surface area (TPSA) is 57.3 Å². The Morgan fingerprint density at radius 2 is 2.03 bits per heavy atom. The van der Waals surface area contributed by atoms with Gasteiger partial charge in [-0.2, -0.15) is 0 Å². The average molecular weight is 408 g/mol. The molecule has 2 aromatic heterocycles. The van der Waals surface area contributed by atoms with Crippen LogP contribution in [0.4, 0.5) is 11.5 Å². The van der Waals surface area contributed by atoms with Gasteiger partial charge in [-0.05, 0) is 37.3 Å². The van der Waals surface area contributed by atoms with E-state index in [1.807, 2.05) is 30.3 Å². The number of anilines is 2. The predicted octanol–water partition coefficient (Wildman–Crippen LogP) is 4.49. The summed E-state index contributed by atoms with van der Waals surface area (Å²) in [6.07, 6.45) is 1.64. The van der Waals surface area contributed by atoms with E-state index < -0.39 is 0 Å². The summed E-state index contributed by atoms with van der Waals surface area (Å²) in [7, 11) is 1.70. The van der Waals surface area contributed by atoms with Crippen LogP contribution in [0.3, 0.4) is 0 Å². The highest BCUT2D eigenvalue weighted by Crippen LogP contribution is 2.32. The summed E-state index contributed by atoms with van der Waals surface area (Å²) in [5, 5.41) is 1.73. The van der Waals surface area contributed by atoms with E-state index in [4.69, 9.17) is 16.3 Å². The number of halogens is 1. The van der Waals surface area contributed by atoms with Gasteiger partial charge in [-0.25, -0.2) is 9.97 Å². The minimum Gasteiger partial charge on any atom is -0.497 e. The fourth-order valence-corrected chi connectivity index (χ4v) is 4.39. The fraction of sp³-hybridized carbons (Fsp3) is 0.273. The molecule has 6 nitrogen and oxygen atoms in total. The maximum absolute atomic E-state index is 6.20. The van der Waals surface area contributed by atoms with Gasteiger partial charge in [-0.15, -0.1) is 0 Å². The number of methoxy groups -OCH3 is 1. The Morgan fingerprint density at radius 3 is 2.86 bits per heavy atom. The molecular formula is C22H22ClN5O. The quantitative estimate of drug-likeness (QED) is 0.542. The summed E-state index contributed by atoms with van der Waals surface area (Å²) in [6.45, 7) is 4.91. The van der Waals surface area contributed by atoms with Gasteiger partial charge in [-0.1, -0.05) is 17.7 Å². The van der Waals surface area contributed by atoms with Crippen LogP contribution in [-0.2, 0) is 0 Å². The van der Waals surface area contributed by atoms with Crippen molar-refractivity contribution in [3.05, 3.63) is 53.8 Å². The summed E-state index contributed by atoms with van der Waals surface area (Å²) in [5.41, 5.74) is 4.08. The van der Waals surface area contributed by atoms with Crippen molar-refractivity contribution < 1.29 is 4.74 Å². The molecule has 2 aromatic carbocycles. The molecule has 29 heavy (non-hydrogen) atoms. The zero-order valence-corrected chi connectivity index (χ0v) is 17.1. The first-order chi connectivity index (χ1) is 14.1. The Labute approximate surface area is 174 Å². The summed E-state index contributed by atoms with van der Waals surface area (Å²) in [5.74, 6) is 1.82. The molecule has 4 aromatic rings. The molecule has 1 N–H and O–H groups in total. The first kappa shape index (κ1) is 18.1. The van der Waals surface area contributed by atoms with E-state index in [0.29, 0.717) is 11.1 Å². The average Bonchev–Trinajstić information content (AvgIpc) is 3.11. The molecule has 0 radical (unpaired) electrons. The second-order valence-electron chi connectivity index (χ2n) is 7.43. The second kappa shape index (κ2) is 7.12. The van der Waals surface area contributed by atoms with Gasteiger partial charge in [-0.3, -0.25) is 0 Å². The number of aromatic amines is 1. The lowest BCUT2D eigenvalue weighted by Crippen LogP contribution is -2.52. The van der Waals surface area contributed by atoms with Gasteiger partial charge in [0.15, 0.2) is 5.82 Å². The molecule has 1 saturated heterocycles. The van der Waals surface area contributed by atoms with Crippen LogP contribution in [0.5, 0.6) is 5.75 Å². The van der Waals surface area contributed by atoms with Crippen molar-refractivity contribution in [1.29, 1.82) is 0 Å². The number of piperazine rings is 1. The molecule has 3 heterocycles. The van der Waals surface area contributed by atoms with Crippen molar-refractivity contribution in [2.75, 3.05) is 36.5 Å². The van der Waals surface area contributed by atoms with Crippen molar-refractivity contribution in [2.24, 2.45) is 0 Å². The Balaban J connectivity index is 1.47. The molecule has 1 atom stereocenters. The van der Waals surface area contributed by atoms with E-state index in [2.05, 4.69) is 43.8 Å². The molecule has 1 fully saturated rings. The monoisotopic (exact) mass is 407 g/mol. The Bertz CT molecular complexity index is 1190. The summed E-state index contributed by atoms with van der Waals surface area (Å²) in [6, 6.07) is 14.4. The third-order valence-corrected chi connectivity index (χ3v) is 5.87. The number of fused-ring (bicyclic) bond motifs is 3. The highest BCUT2D eigenvalue weighted by molar-refractivity contribution is 6.31. The maximum atomic E-state index is 6.20. The van der Waals surface area contributed by atoms with E-state index in [0.717, 1.165) is 53.1 Å². The summed E-state index contributed by atoms with van der Waals surface area (Å²) < 4.78 is 5.39. The molecule has 0 saturated carbocycles. The van der Waals surface area contributed by atoms with Gasteiger partial charge in [0, 0.05) is 53.4 Å². The minimum atomic E-state index is 0.333. The molecule has 7 heteroatoms. The number of aromatic nitrogens is 3. The Kier molecular flexibility index (Phi) is 4.43. The van der Waals surface area contributed by atoms with Gasteiger partial charge in [0.05, 0.1) is 7.11 Å². The normalized spacial score (nSPS) is 17.3. The van der Waals surface area contributed by atoms with Crippen molar-refractivity contribution in [3.8, 4) is 5.75 Å². The number of ether oxygens (including phenoxy) is 1. The minimum absolute atomic E-state index is 0.333. The zero-order chi connectivity index (χ0) is 20.0. The fourth-order valence-electron chi connectivity index (χ4n) is 4.21. The number of hydrogen-bond acceptors (Lipinski definition) is 5. The van der Waals surface area contributed by atoms with Crippen LogP contribution in [0, 0.1) is 0 Å². The molecule has 0 aliphatic carbocycles. The van der Waals surface area contributed by atoms with Gasteiger partial charge in [0.1, 0.15) is 23.1 Å². The number of nitrogens with one attached hydrogen (secondary N) is 1. The Morgan fingerprint density at radius 1 is 1.14 bits per heavy atom. The number of benzene rings is 2. The molecule has 1 aliphatic heterocycles. The van der Waals surface area contributed by atoms with Crippen molar-refractivity contribution in [2.45, 2.75) is 13.0 Å². The van der Waals surface area contributed by atoms with Crippen molar-refractivity contribution in [3.63, 3.8) is 0 Å². The van der Waals surface area contributed by atoms with Crippen molar-refractivity contribution >= 4 is 45.0 Å². The zero-order valence-electron chi connectivity index (χ0n) is 16.4. The summed E-state index contributed by atoms with van der Waals surface area (Å²) in [4.78, 5) is 17.4. The number of rotatable bonds is 3. The van der Waals surface area contributed by atoms with Crippen LogP contribution in [0.25, 0.3) is 21.9 Å². The van der Waals surface area contributed by atoms with Crippen LogP contribution in [0.1, 0.15) is 6.92 Å². The number of nitrogens with zero attached hydrogens (tertiary/aromatic N) is 4. The smallest absolute Gasteiger partial charge is 0.156 e. The van der Waals surface area contributed by atoms with Gasteiger partial charge in [0.2, 0.25) is 0 Å². The second-order valence-corrected chi connectivity index (χ2v) is 7.86. The lowest BCUT2D eigenvalue weighted by atomic mass is 10.1. The van der Waals surface area contributed by atoms with Gasteiger partial charge < -0.3 is 19.5 Å². The molecular weight excluding hydrogens is 386 g/mol. The lowest BCUT2D eigenvalue weighted by molar-refractivity contribution is 0.414. The Hall–Kier alpha value is -2.99. The highest BCUT2D eigenvalue weighted by Gasteiger charge is 2.27. The first-order valence-electron chi connectivity index (χ1n) is 9.71.